The van der Waals surface area contributed by atoms with Crippen molar-refractivity contribution in [2.45, 2.75) is 0 Å². The van der Waals surface area contributed by atoms with Crippen molar-refractivity contribution in [3.05, 3.63) is 121 Å². The highest BCUT2D eigenvalue weighted by Gasteiger charge is 2.17. The summed E-state index contributed by atoms with van der Waals surface area (Å²) in [5, 5.41) is 2.49. The number of nitrogens with zero attached hydrogens (tertiary/aromatic N) is 2. The van der Waals surface area contributed by atoms with Crippen LogP contribution >= 0.6 is 0 Å². The van der Waals surface area contributed by atoms with Crippen LogP contribution in [0.4, 0.5) is 0 Å². The second-order valence-corrected chi connectivity index (χ2v) is 7.52. The number of para-hydroxylation sites is 4. The molecule has 0 radical (unpaired) electrons. The molecule has 4 aromatic carbocycles. The van der Waals surface area contributed by atoms with Crippen molar-refractivity contribution >= 4 is 21.8 Å². The van der Waals surface area contributed by atoms with E-state index in [9.17, 15) is 0 Å². The average molecular weight is 384 g/mol. The van der Waals surface area contributed by atoms with Gasteiger partial charge in [0.15, 0.2) is 0 Å². The van der Waals surface area contributed by atoms with Gasteiger partial charge in [-0.25, -0.2) is 0 Å². The summed E-state index contributed by atoms with van der Waals surface area (Å²) in [5.41, 5.74) is 7.20. The van der Waals surface area contributed by atoms with E-state index in [1.165, 1.54) is 44.4 Å². The molecule has 30 heavy (non-hydrogen) atoms. The number of hydrogen-bond acceptors (Lipinski definition) is 0. The predicted molar refractivity (Wildman–Crippen MR) is 126 cm³/mol. The van der Waals surface area contributed by atoms with Crippen molar-refractivity contribution in [3.63, 3.8) is 0 Å². The van der Waals surface area contributed by atoms with E-state index in [0.29, 0.717) is 0 Å². The molecule has 0 spiro atoms. The fourth-order valence-electron chi connectivity index (χ4n) is 4.39. The largest absolute Gasteiger partial charge is 0.316 e. The lowest BCUT2D eigenvalue weighted by atomic mass is 10.1. The van der Waals surface area contributed by atoms with Crippen molar-refractivity contribution in [3.8, 4) is 22.6 Å². The minimum absolute atomic E-state index is 1.17. The predicted octanol–water partition coefficient (Wildman–Crippen LogP) is 7.24. The Morgan fingerprint density at radius 2 is 1.10 bits per heavy atom. The summed E-state index contributed by atoms with van der Waals surface area (Å²) in [7, 11) is 0. The zero-order valence-corrected chi connectivity index (χ0v) is 16.4. The van der Waals surface area contributed by atoms with Gasteiger partial charge < -0.3 is 9.13 Å². The first-order valence-corrected chi connectivity index (χ1v) is 10.2. The van der Waals surface area contributed by atoms with Crippen molar-refractivity contribution in [2.75, 3.05) is 0 Å². The smallest absolute Gasteiger partial charge is 0.0562 e. The maximum absolute atomic E-state index is 2.37. The van der Waals surface area contributed by atoms with Gasteiger partial charge in [-0.3, -0.25) is 0 Å². The van der Waals surface area contributed by atoms with Crippen LogP contribution in [0.15, 0.2) is 121 Å². The molecule has 0 bridgehead atoms. The molecule has 0 aliphatic rings. The van der Waals surface area contributed by atoms with Gasteiger partial charge in [0.05, 0.1) is 16.7 Å². The maximum atomic E-state index is 2.37. The van der Waals surface area contributed by atoms with Crippen LogP contribution in [0.3, 0.4) is 0 Å². The van der Waals surface area contributed by atoms with Gasteiger partial charge in [-0.2, -0.15) is 0 Å². The van der Waals surface area contributed by atoms with Crippen LogP contribution in [-0.4, -0.2) is 9.13 Å². The maximum Gasteiger partial charge on any atom is 0.0562 e. The molecule has 0 aliphatic heterocycles. The zero-order valence-electron chi connectivity index (χ0n) is 16.4. The molecule has 0 fully saturated rings. The van der Waals surface area contributed by atoms with E-state index in [2.05, 4.69) is 131 Å². The van der Waals surface area contributed by atoms with E-state index in [1.807, 2.05) is 0 Å². The molecule has 0 unspecified atom stereocenters. The van der Waals surface area contributed by atoms with Crippen LogP contribution < -0.4 is 0 Å². The fraction of sp³-hybridized carbons (Fsp3) is 0. The lowest BCUT2D eigenvalue weighted by Gasteiger charge is -2.10. The van der Waals surface area contributed by atoms with Crippen LogP contribution in [0.2, 0.25) is 0 Å². The van der Waals surface area contributed by atoms with Crippen molar-refractivity contribution in [1.82, 2.24) is 9.13 Å². The Labute approximate surface area is 175 Å². The molecular formula is C28H20N2. The third-order valence-electron chi connectivity index (χ3n) is 5.75. The molecule has 0 atom stereocenters. The fourth-order valence-corrected chi connectivity index (χ4v) is 4.39. The highest BCUT2D eigenvalue weighted by atomic mass is 15.0. The summed E-state index contributed by atoms with van der Waals surface area (Å²) in [6, 6.07) is 40.7. The number of hydrogen-bond donors (Lipinski definition) is 0. The molecule has 0 amide bonds. The van der Waals surface area contributed by atoms with Crippen LogP contribution in [0.25, 0.3) is 44.4 Å². The van der Waals surface area contributed by atoms with Crippen molar-refractivity contribution in [2.24, 2.45) is 0 Å². The van der Waals surface area contributed by atoms with E-state index in [1.54, 1.807) is 0 Å². The van der Waals surface area contributed by atoms with Crippen molar-refractivity contribution < 1.29 is 0 Å². The Morgan fingerprint density at radius 1 is 0.500 bits per heavy atom. The molecule has 0 saturated heterocycles. The first-order chi connectivity index (χ1) is 14.9. The van der Waals surface area contributed by atoms with Gasteiger partial charge in [0.1, 0.15) is 0 Å². The first-order valence-electron chi connectivity index (χ1n) is 10.2. The monoisotopic (exact) mass is 384 g/mol. The molecule has 6 rings (SSSR count). The number of aromatic nitrogens is 2. The van der Waals surface area contributed by atoms with Gasteiger partial charge in [-0.15, -0.1) is 0 Å². The summed E-state index contributed by atoms with van der Waals surface area (Å²) in [6.45, 7) is 0. The van der Waals surface area contributed by atoms with E-state index in [4.69, 9.17) is 0 Å². The molecular weight excluding hydrogens is 364 g/mol. The van der Waals surface area contributed by atoms with Crippen LogP contribution in [-0.2, 0) is 0 Å². The number of rotatable bonds is 3. The molecule has 2 heteroatoms. The Hall–Kier alpha value is -4.04. The van der Waals surface area contributed by atoms with Crippen LogP contribution in [0, 0.1) is 0 Å². The quantitative estimate of drug-likeness (QED) is 0.304. The summed E-state index contributed by atoms with van der Waals surface area (Å²) in [5.74, 6) is 0. The summed E-state index contributed by atoms with van der Waals surface area (Å²) >= 11 is 0. The van der Waals surface area contributed by atoms with E-state index in [0.717, 1.165) is 0 Å². The lowest BCUT2D eigenvalue weighted by molar-refractivity contribution is 1.11. The number of benzene rings is 4. The Balaban J connectivity index is 1.70. The second-order valence-electron chi connectivity index (χ2n) is 7.52. The van der Waals surface area contributed by atoms with Gasteiger partial charge in [0, 0.05) is 33.9 Å². The molecule has 0 aliphatic carbocycles. The molecule has 0 saturated carbocycles. The van der Waals surface area contributed by atoms with Crippen LogP contribution in [0.5, 0.6) is 0 Å². The minimum Gasteiger partial charge on any atom is -0.316 e. The topological polar surface area (TPSA) is 9.86 Å². The highest BCUT2D eigenvalue weighted by molar-refractivity contribution is 6.00. The number of fused-ring (bicyclic) bond motifs is 2. The normalized spacial score (nSPS) is 11.3. The molecule has 0 N–H and O–H groups in total. The summed E-state index contributed by atoms with van der Waals surface area (Å²) in [6.07, 6.45) is 2.27. The average Bonchev–Trinajstić information content (AvgIpc) is 3.39. The third-order valence-corrected chi connectivity index (χ3v) is 5.75. The van der Waals surface area contributed by atoms with Crippen molar-refractivity contribution in [1.29, 1.82) is 0 Å². The highest BCUT2D eigenvalue weighted by Crippen LogP contribution is 2.37. The molecule has 2 nitrogen and oxygen atoms in total. The molecule has 142 valence electrons. The Kier molecular flexibility index (Phi) is 3.82. The van der Waals surface area contributed by atoms with Gasteiger partial charge in [-0.1, -0.05) is 72.8 Å². The van der Waals surface area contributed by atoms with Gasteiger partial charge >= 0.3 is 0 Å². The second kappa shape index (κ2) is 6.78. The molecule has 6 aromatic rings. The van der Waals surface area contributed by atoms with Gasteiger partial charge in [-0.05, 0) is 42.5 Å². The molecule has 2 heterocycles. The van der Waals surface area contributed by atoms with Crippen LogP contribution in [0.1, 0.15) is 0 Å². The van der Waals surface area contributed by atoms with Gasteiger partial charge in [0.25, 0.3) is 0 Å². The summed E-state index contributed by atoms with van der Waals surface area (Å²) < 4.78 is 4.66. The third kappa shape index (κ3) is 2.58. The Morgan fingerprint density at radius 3 is 1.87 bits per heavy atom. The van der Waals surface area contributed by atoms with E-state index < -0.39 is 0 Å². The lowest BCUT2D eigenvalue weighted by Crippen LogP contribution is -1.96. The van der Waals surface area contributed by atoms with Gasteiger partial charge in [0.2, 0.25) is 0 Å². The molecule has 2 aromatic heterocycles. The SMILES string of the molecule is c1ccc(-n2cc(-c3cc4ccccc4n3-c3ccccc3)c3ccccc32)cc1. The first kappa shape index (κ1) is 16.9. The Bertz CT molecular complexity index is 1470. The zero-order chi connectivity index (χ0) is 19.9. The minimum atomic E-state index is 1.17. The van der Waals surface area contributed by atoms with E-state index >= 15 is 0 Å². The van der Waals surface area contributed by atoms with E-state index in [-0.39, 0.29) is 0 Å². The summed E-state index contributed by atoms with van der Waals surface area (Å²) in [4.78, 5) is 0. The standard InChI is InChI=1S/C28H20N2/c1-3-12-22(13-4-1)29-20-25(24-16-8-10-18-27(24)29)28-19-21-11-7-9-17-26(21)30(28)23-14-5-2-6-15-23/h1-20H.